The monoisotopic (exact) mass is 334 g/mol. The maximum absolute atomic E-state index is 5.75. The Hall–Kier alpha value is 0.274. The van der Waals surface area contributed by atoms with E-state index in [0.717, 1.165) is 32.2 Å². The summed E-state index contributed by atoms with van der Waals surface area (Å²) in [6.07, 6.45) is 0. The summed E-state index contributed by atoms with van der Waals surface area (Å²) >= 11 is 0. The fraction of sp³-hybridized carbons (Fsp3) is 1.00. The van der Waals surface area contributed by atoms with Gasteiger partial charge in [0.2, 0.25) is 8.40 Å². The fourth-order valence-corrected chi connectivity index (χ4v) is 12.0. The smallest absolute Gasteiger partial charge is 0.334 e. The molecule has 0 fully saturated rings. The molecule has 0 aliphatic heterocycles. The van der Waals surface area contributed by atoms with Crippen molar-refractivity contribution in [3.8, 4) is 0 Å². The van der Waals surface area contributed by atoms with Crippen molar-refractivity contribution in [2.45, 2.75) is 59.3 Å². The molecule has 0 aromatic heterocycles. The van der Waals surface area contributed by atoms with Gasteiger partial charge in [0.25, 0.3) is 0 Å². The standard InChI is InChI=1S/C15H38N2O2Si2/c1-10-16(11-2)21(9,17(12-3)13-4)15(5)14-20(8,18-6)19-7/h15H,10-14H2,1-9H3. The van der Waals surface area contributed by atoms with Gasteiger partial charge in [-0.1, -0.05) is 34.6 Å². The average Bonchev–Trinajstić information content (AvgIpc) is 2.49. The Kier molecular flexibility index (Phi) is 9.54. The second-order valence-corrected chi connectivity index (χ2v) is 14.0. The predicted molar refractivity (Wildman–Crippen MR) is 97.3 cm³/mol. The SMILES string of the molecule is CCN(CC)[Si](C)(C(C)C[Si](C)(OC)OC)N(CC)CC. The van der Waals surface area contributed by atoms with E-state index in [2.05, 4.69) is 56.8 Å². The van der Waals surface area contributed by atoms with E-state index in [1.54, 1.807) is 14.2 Å². The van der Waals surface area contributed by atoms with Crippen LogP contribution in [0.15, 0.2) is 0 Å². The van der Waals surface area contributed by atoms with Gasteiger partial charge < -0.3 is 18.0 Å². The third kappa shape index (κ3) is 4.87. The third-order valence-corrected chi connectivity index (χ3v) is 14.7. The van der Waals surface area contributed by atoms with Crippen molar-refractivity contribution in [1.29, 1.82) is 0 Å². The molecule has 1 unspecified atom stereocenters. The first kappa shape index (κ1) is 21.3. The second kappa shape index (κ2) is 9.42. The molecule has 0 aliphatic rings. The highest BCUT2D eigenvalue weighted by molar-refractivity contribution is 6.77. The van der Waals surface area contributed by atoms with Crippen LogP contribution in [0.25, 0.3) is 0 Å². The molecule has 0 aromatic carbocycles. The van der Waals surface area contributed by atoms with Gasteiger partial charge in [0.05, 0.1) is 0 Å². The summed E-state index contributed by atoms with van der Waals surface area (Å²) in [6.45, 7) is 20.8. The molecule has 0 spiro atoms. The van der Waals surface area contributed by atoms with E-state index in [4.69, 9.17) is 8.85 Å². The first-order valence-electron chi connectivity index (χ1n) is 8.39. The topological polar surface area (TPSA) is 24.9 Å². The maximum Gasteiger partial charge on any atom is 0.334 e. The van der Waals surface area contributed by atoms with E-state index in [1.807, 2.05) is 0 Å². The van der Waals surface area contributed by atoms with Crippen LogP contribution in [-0.2, 0) is 8.85 Å². The van der Waals surface area contributed by atoms with Crippen molar-refractivity contribution in [1.82, 2.24) is 9.13 Å². The Balaban J connectivity index is 5.47. The van der Waals surface area contributed by atoms with Gasteiger partial charge in [0.15, 0.2) is 0 Å². The molecule has 0 bridgehead atoms. The maximum atomic E-state index is 5.75. The van der Waals surface area contributed by atoms with Crippen LogP contribution in [-0.4, -0.2) is 66.5 Å². The summed E-state index contributed by atoms with van der Waals surface area (Å²) < 4.78 is 16.9. The highest BCUT2D eigenvalue weighted by Gasteiger charge is 2.47. The van der Waals surface area contributed by atoms with Gasteiger partial charge in [-0.15, -0.1) is 0 Å². The van der Waals surface area contributed by atoms with Crippen molar-refractivity contribution >= 4 is 17.0 Å². The van der Waals surface area contributed by atoms with Crippen molar-refractivity contribution in [2.24, 2.45) is 0 Å². The molecule has 0 amide bonds. The Labute approximate surface area is 135 Å². The molecule has 0 heterocycles. The largest absolute Gasteiger partial charge is 0.398 e. The molecular formula is C15H38N2O2Si2. The van der Waals surface area contributed by atoms with E-state index in [0.29, 0.717) is 5.54 Å². The predicted octanol–water partition coefficient (Wildman–Crippen LogP) is 3.50. The van der Waals surface area contributed by atoms with Crippen LogP contribution in [0.5, 0.6) is 0 Å². The molecule has 0 saturated carbocycles. The summed E-state index contributed by atoms with van der Waals surface area (Å²) in [4.78, 5) is 0. The van der Waals surface area contributed by atoms with Crippen LogP contribution < -0.4 is 0 Å². The Morgan fingerprint density at radius 1 is 0.810 bits per heavy atom. The molecule has 0 saturated heterocycles. The Bertz CT molecular complexity index is 269. The van der Waals surface area contributed by atoms with Crippen molar-refractivity contribution in [3.63, 3.8) is 0 Å². The number of hydrogen-bond acceptors (Lipinski definition) is 4. The molecule has 0 aliphatic carbocycles. The molecule has 0 aromatic rings. The molecular weight excluding hydrogens is 296 g/mol. The molecule has 4 nitrogen and oxygen atoms in total. The summed E-state index contributed by atoms with van der Waals surface area (Å²) in [5.41, 5.74) is 0.619. The molecule has 1 atom stereocenters. The van der Waals surface area contributed by atoms with E-state index in [-0.39, 0.29) is 0 Å². The van der Waals surface area contributed by atoms with Crippen molar-refractivity contribution < 1.29 is 8.85 Å². The van der Waals surface area contributed by atoms with Crippen LogP contribution in [0, 0.1) is 0 Å². The van der Waals surface area contributed by atoms with Crippen LogP contribution in [0.3, 0.4) is 0 Å². The average molecular weight is 335 g/mol. The summed E-state index contributed by atoms with van der Waals surface area (Å²) in [6, 6.07) is 1.07. The van der Waals surface area contributed by atoms with Crippen molar-refractivity contribution in [3.05, 3.63) is 0 Å². The van der Waals surface area contributed by atoms with Gasteiger partial charge in [-0.05, 0) is 50.9 Å². The Morgan fingerprint density at radius 2 is 1.14 bits per heavy atom. The van der Waals surface area contributed by atoms with Crippen molar-refractivity contribution in [2.75, 3.05) is 40.4 Å². The van der Waals surface area contributed by atoms with Gasteiger partial charge in [-0.25, -0.2) is 0 Å². The summed E-state index contributed by atoms with van der Waals surface area (Å²) in [7, 11) is -0.141. The quantitative estimate of drug-likeness (QED) is 0.540. The third-order valence-electron chi connectivity index (χ3n) is 5.28. The van der Waals surface area contributed by atoms with Crippen LogP contribution in [0.2, 0.25) is 24.7 Å². The fourth-order valence-electron chi connectivity index (χ4n) is 3.55. The first-order chi connectivity index (χ1) is 9.79. The molecule has 21 heavy (non-hydrogen) atoms. The number of hydrogen-bond donors (Lipinski definition) is 0. The summed E-state index contributed by atoms with van der Waals surface area (Å²) in [5.74, 6) is 0. The molecule has 6 heteroatoms. The minimum atomic E-state index is -2.03. The number of nitrogens with zero attached hydrogens (tertiary/aromatic N) is 2. The second-order valence-electron chi connectivity index (χ2n) is 6.09. The van der Waals surface area contributed by atoms with Gasteiger partial charge >= 0.3 is 8.56 Å². The van der Waals surface area contributed by atoms with Crippen LogP contribution >= 0.6 is 0 Å². The number of rotatable bonds is 11. The lowest BCUT2D eigenvalue weighted by atomic mass is 10.5. The van der Waals surface area contributed by atoms with E-state index in [1.165, 1.54) is 0 Å². The molecule has 0 rings (SSSR count). The highest BCUT2D eigenvalue weighted by atomic mass is 28.4. The zero-order valence-corrected chi connectivity index (χ0v) is 17.8. The normalized spacial score (nSPS) is 15.0. The lowest BCUT2D eigenvalue weighted by Gasteiger charge is -2.50. The zero-order chi connectivity index (χ0) is 16.7. The Morgan fingerprint density at radius 3 is 1.38 bits per heavy atom. The van der Waals surface area contributed by atoms with E-state index >= 15 is 0 Å². The summed E-state index contributed by atoms with van der Waals surface area (Å²) in [5, 5.41) is 0. The van der Waals surface area contributed by atoms with E-state index < -0.39 is 17.0 Å². The zero-order valence-electron chi connectivity index (χ0n) is 15.8. The first-order valence-corrected chi connectivity index (χ1v) is 13.4. The molecule has 128 valence electrons. The van der Waals surface area contributed by atoms with E-state index in [9.17, 15) is 0 Å². The minimum Gasteiger partial charge on any atom is -0.398 e. The lowest BCUT2D eigenvalue weighted by Crippen LogP contribution is -2.66. The minimum absolute atomic E-state index is 0.619. The van der Waals surface area contributed by atoms with Crippen LogP contribution in [0.1, 0.15) is 34.6 Å². The highest BCUT2D eigenvalue weighted by Crippen LogP contribution is 2.35. The van der Waals surface area contributed by atoms with Crippen LogP contribution in [0.4, 0.5) is 0 Å². The molecule has 0 radical (unpaired) electrons. The van der Waals surface area contributed by atoms with Gasteiger partial charge in [0.1, 0.15) is 0 Å². The van der Waals surface area contributed by atoms with Gasteiger partial charge in [0, 0.05) is 14.2 Å². The molecule has 0 N–H and O–H groups in total. The van der Waals surface area contributed by atoms with Gasteiger partial charge in [-0.2, -0.15) is 0 Å². The lowest BCUT2D eigenvalue weighted by molar-refractivity contribution is 0.246. The van der Waals surface area contributed by atoms with Gasteiger partial charge in [-0.3, -0.25) is 0 Å².